The number of hydrogen-bond donors (Lipinski definition) is 0. The third-order valence-corrected chi connectivity index (χ3v) is 12.3. The van der Waals surface area contributed by atoms with Gasteiger partial charge in [-0.15, -0.1) is 0 Å². The molecule has 4 fully saturated rings. The summed E-state index contributed by atoms with van der Waals surface area (Å²) in [7, 11) is 1.49. The average Bonchev–Trinajstić information content (AvgIpc) is 2.87. The number of carbonyl (C=O) groups excluding carboxylic acids is 3. The molecular weight excluding hydrogens is 474 g/mol. The Morgan fingerprint density at radius 1 is 0.947 bits per heavy atom. The van der Waals surface area contributed by atoms with Crippen molar-refractivity contribution < 1.29 is 19.1 Å². The van der Waals surface area contributed by atoms with Crippen LogP contribution >= 0.6 is 0 Å². The van der Waals surface area contributed by atoms with Gasteiger partial charge in [-0.25, -0.2) is 0 Å². The predicted octanol–water partition coefficient (Wildman–Crippen LogP) is 7.09. The van der Waals surface area contributed by atoms with Crippen LogP contribution in [0.3, 0.4) is 0 Å². The Labute approximate surface area is 230 Å². The molecule has 5 rings (SSSR count). The van der Waals surface area contributed by atoms with Gasteiger partial charge in [0, 0.05) is 17.8 Å². The maximum absolute atomic E-state index is 14.2. The Morgan fingerprint density at radius 3 is 2.21 bits per heavy atom. The molecule has 0 N–H and O–H groups in total. The summed E-state index contributed by atoms with van der Waals surface area (Å²) in [5.74, 6) is 0.458. The molecule has 0 spiro atoms. The molecule has 8 unspecified atom stereocenters. The Bertz CT molecular complexity index is 1090. The molecule has 210 valence electrons. The van der Waals surface area contributed by atoms with E-state index in [0.29, 0.717) is 12.2 Å². The number of Topliss-reactive ketones (excluding diaryl/α,β-unsaturated/α-hetero) is 2. The molecule has 4 saturated carbocycles. The standard InChI is InChI=1S/C31H43NO4.C2H6/c1-27(2)12-13-31(26(35)36-7)11-8-19-24(20(31)16-27)21(33)14-23-29(19,5)10-9-22-28(3,4)25(34)18(17-32)15-30(22,23)6;1-2/h15,19-20,22-24H,8-14,16H2,1-7H3;1-2H3. The number of nitriles is 1. The quantitative estimate of drug-likeness (QED) is 0.342. The van der Waals surface area contributed by atoms with Crippen LogP contribution in [0.2, 0.25) is 0 Å². The van der Waals surface area contributed by atoms with Crippen molar-refractivity contribution in [3.8, 4) is 6.07 Å². The number of nitrogens with zero attached hydrogens (tertiary/aromatic N) is 1. The van der Waals surface area contributed by atoms with E-state index in [-0.39, 0.29) is 63.2 Å². The van der Waals surface area contributed by atoms with Crippen molar-refractivity contribution in [2.24, 2.45) is 56.7 Å². The summed E-state index contributed by atoms with van der Waals surface area (Å²) in [5.41, 5.74) is -1.24. The van der Waals surface area contributed by atoms with Gasteiger partial charge < -0.3 is 4.74 Å². The zero-order valence-electron chi connectivity index (χ0n) is 25.2. The lowest BCUT2D eigenvalue weighted by atomic mass is 9.35. The maximum atomic E-state index is 14.2. The summed E-state index contributed by atoms with van der Waals surface area (Å²) in [6.45, 7) is 17.1. The molecule has 5 aliphatic rings. The van der Waals surface area contributed by atoms with Crippen molar-refractivity contribution in [2.75, 3.05) is 7.11 Å². The molecule has 0 aliphatic heterocycles. The van der Waals surface area contributed by atoms with Gasteiger partial charge in [0.1, 0.15) is 11.9 Å². The molecule has 0 bridgehead atoms. The lowest BCUT2D eigenvalue weighted by Gasteiger charge is -2.67. The van der Waals surface area contributed by atoms with E-state index < -0.39 is 10.8 Å². The fourth-order valence-electron chi connectivity index (χ4n) is 10.5. The number of allylic oxidation sites excluding steroid dienone is 2. The van der Waals surface area contributed by atoms with Crippen molar-refractivity contribution >= 4 is 17.5 Å². The van der Waals surface area contributed by atoms with Crippen LogP contribution in [-0.4, -0.2) is 24.6 Å². The Hall–Kier alpha value is -1.96. The van der Waals surface area contributed by atoms with Crippen LogP contribution < -0.4 is 0 Å². The smallest absolute Gasteiger partial charge is 0.312 e. The van der Waals surface area contributed by atoms with Gasteiger partial charge in [-0.1, -0.05) is 61.5 Å². The van der Waals surface area contributed by atoms with E-state index in [0.717, 1.165) is 44.9 Å². The highest BCUT2D eigenvalue weighted by Crippen LogP contribution is 2.71. The Morgan fingerprint density at radius 2 is 1.61 bits per heavy atom. The minimum Gasteiger partial charge on any atom is -0.469 e. The van der Waals surface area contributed by atoms with Crippen LogP contribution in [-0.2, 0) is 19.1 Å². The first kappa shape index (κ1) is 29.0. The number of fused-ring (bicyclic) bond motifs is 7. The highest BCUT2D eigenvalue weighted by Gasteiger charge is 2.69. The lowest BCUT2D eigenvalue weighted by molar-refractivity contribution is -0.199. The molecule has 0 amide bonds. The van der Waals surface area contributed by atoms with Gasteiger partial charge in [0.2, 0.25) is 0 Å². The van der Waals surface area contributed by atoms with Crippen LogP contribution in [0.25, 0.3) is 0 Å². The highest BCUT2D eigenvalue weighted by molar-refractivity contribution is 6.04. The summed E-state index contributed by atoms with van der Waals surface area (Å²) in [6.07, 6.45) is 8.66. The number of hydrogen-bond acceptors (Lipinski definition) is 5. The van der Waals surface area contributed by atoms with Gasteiger partial charge in [-0.3, -0.25) is 14.4 Å². The average molecular weight is 524 g/mol. The van der Waals surface area contributed by atoms with Crippen LogP contribution in [0.15, 0.2) is 11.6 Å². The fraction of sp³-hybridized carbons (Fsp3) is 0.818. The SMILES string of the molecule is CC.COC(=O)C12CCC3C(C(=O)CC4C5(C)C=C(C#N)C(=O)C(C)(C)C5CCC34C)C1CC(C)(C)CC2. The topological polar surface area (TPSA) is 84.2 Å². The molecule has 38 heavy (non-hydrogen) atoms. The zero-order chi connectivity index (χ0) is 28.5. The van der Waals surface area contributed by atoms with Crippen molar-refractivity contribution in [1.29, 1.82) is 5.26 Å². The minimum atomic E-state index is -0.615. The Kier molecular flexibility index (Phi) is 7.11. The van der Waals surface area contributed by atoms with Crippen molar-refractivity contribution in [1.82, 2.24) is 0 Å². The molecule has 5 nitrogen and oxygen atoms in total. The van der Waals surface area contributed by atoms with Gasteiger partial charge in [-0.2, -0.15) is 5.26 Å². The fourth-order valence-corrected chi connectivity index (χ4v) is 10.5. The third-order valence-electron chi connectivity index (χ3n) is 12.3. The largest absolute Gasteiger partial charge is 0.469 e. The van der Waals surface area contributed by atoms with Crippen LogP contribution in [0.4, 0.5) is 0 Å². The van der Waals surface area contributed by atoms with Gasteiger partial charge in [0.15, 0.2) is 5.78 Å². The number of ketones is 2. The predicted molar refractivity (Wildman–Crippen MR) is 148 cm³/mol. The molecule has 0 aromatic heterocycles. The second kappa shape index (κ2) is 9.31. The molecule has 0 saturated heterocycles. The van der Waals surface area contributed by atoms with E-state index in [9.17, 15) is 19.6 Å². The summed E-state index contributed by atoms with van der Waals surface area (Å²) in [4.78, 5) is 40.7. The van der Waals surface area contributed by atoms with E-state index in [2.05, 4.69) is 33.8 Å². The van der Waals surface area contributed by atoms with E-state index in [4.69, 9.17) is 4.74 Å². The number of rotatable bonds is 1. The first-order valence-corrected chi connectivity index (χ1v) is 15.0. The van der Waals surface area contributed by atoms with E-state index in [1.807, 2.05) is 33.8 Å². The first-order chi connectivity index (χ1) is 17.7. The zero-order valence-corrected chi connectivity index (χ0v) is 25.2. The highest BCUT2D eigenvalue weighted by atomic mass is 16.5. The molecule has 0 radical (unpaired) electrons. The molecule has 5 heteroatoms. The van der Waals surface area contributed by atoms with Crippen LogP contribution in [0, 0.1) is 68.0 Å². The number of esters is 1. The minimum absolute atomic E-state index is 0.0258. The van der Waals surface area contributed by atoms with E-state index >= 15 is 0 Å². The van der Waals surface area contributed by atoms with Crippen LogP contribution in [0.1, 0.15) is 107 Å². The van der Waals surface area contributed by atoms with Gasteiger partial charge in [0.25, 0.3) is 0 Å². The molecule has 0 aromatic rings. The molecular formula is C33H49NO4. The normalized spacial score (nSPS) is 44.4. The second-order valence-corrected chi connectivity index (χ2v) is 14.7. The molecule has 0 aromatic carbocycles. The van der Waals surface area contributed by atoms with Gasteiger partial charge in [0.05, 0.1) is 18.1 Å². The van der Waals surface area contributed by atoms with Crippen molar-refractivity contribution in [3.63, 3.8) is 0 Å². The van der Waals surface area contributed by atoms with Crippen molar-refractivity contribution in [3.05, 3.63) is 11.6 Å². The summed E-state index contributed by atoms with van der Waals surface area (Å²) in [6, 6.07) is 2.19. The lowest BCUT2D eigenvalue weighted by Crippen LogP contribution is -2.65. The Balaban J connectivity index is 0.00000164. The van der Waals surface area contributed by atoms with E-state index in [1.54, 1.807) is 0 Å². The molecule has 8 atom stereocenters. The summed E-state index contributed by atoms with van der Waals surface area (Å²) < 4.78 is 5.39. The van der Waals surface area contributed by atoms with Gasteiger partial charge in [-0.05, 0) is 84.9 Å². The third kappa shape index (κ3) is 3.79. The van der Waals surface area contributed by atoms with Crippen molar-refractivity contribution in [2.45, 2.75) is 107 Å². The van der Waals surface area contributed by atoms with E-state index in [1.165, 1.54) is 7.11 Å². The molecule has 5 aliphatic carbocycles. The number of carbonyl (C=O) groups is 3. The number of ether oxygens (including phenoxy) is 1. The summed E-state index contributed by atoms with van der Waals surface area (Å²) in [5, 5.41) is 9.83. The first-order valence-electron chi connectivity index (χ1n) is 15.0. The second-order valence-electron chi connectivity index (χ2n) is 14.7. The monoisotopic (exact) mass is 523 g/mol. The molecule has 0 heterocycles. The van der Waals surface area contributed by atoms with Gasteiger partial charge >= 0.3 is 5.97 Å². The maximum Gasteiger partial charge on any atom is 0.312 e. The number of methoxy groups -OCH3 is 1. The summed E-state index contributed by atoms with van der Waals surface area (Å²) >= 11 is 0. The van der Waals surface area contributed by atoms with Crippen LogP contribution in [0.5, 0.6) is 0 Å².